The van der Waals surface area contributed by atoms with Crippen molar-refractivity contribution >= 4 is 38.4 Å². The molecule has 3 aromatic rings. The van der Waals surface area contributed by atoms with Gasteiger partial charge in [0.15, 0.2) is 0 Å². The Kier molecular flexibility index (Phi) is 6.19. The molecule has 1 aromatic heterocycles. The zero-order valence-corrected chi connectivity index (χ0v) is 18.4. The molecule has 0 spiro atoms. The largest absolute Gasteiger partial charge is 0.496 e. The highest BCUT2D eigenvalue weighted by molar-refractivity contribution is 9.10. The quantitative estimate of drug-likeness (QED) is 0.468. The Morgan fingerprint density at radius 2 is 2.00 bits per heavy atom. The van der Waals surface area contributed by atoms with E-state index < -0.39 is 5.41 Å². The predicted molar refractivity (Wildman–Crippen MR) is 119 cm³/mol. The number of aromatic nitrogens is 1. The Hall–Kier alpha value is -2.51. The first-order valence-electron chi connectivity index (χ1n) is 9.34. The summed E-state index contributed by atoms with van der Waals surface area (Å²) in [6, 6.07) is 13.2. The van der Waals surface area contributed by atoms with Gasteiger partial charge in [0.05, 0.1) is 13.7 Å². The van der Waals surface area contributed by atoms with Gasteiger partial charge in [-0.3, -0.25) is 4.79 Å². The Morgan fingerprint density at radius 1 is 1.24 bits per heavy atom. The number of hydrogen-bond acceptors (Lipinski definition) is 4. The van der Waals surface area contributed by atoms with Crippen molar-refractivity contribution < 1.29 is 14.6 Å². The molecule has 0 fully saturated rings. The van der Waals surface area contributed by atoms with E-state index in [1.54, 1.807) is 7.11 Å². The monoisotopic (exact) mass is 459 g/mol. The third kappa shape index (κ3) is 4.74. The van der Waals surface area contributed by atoms with E-state index in [4.69, 9.17) is 10.5 Å². The number of aliphatic hydroxyl groups is 1. The zero-order valence-electron chi connectivity index (χ0n) is 16.8. The Bertz CT molecular complexity index is 1040. The molecule has 0 bridgehead atoms. The van der Waals surface area contributed by atoms with Gasteiger partial charge in [-0.25, -0.2) is 0 Å². The SMILES string of the molecule is COc1ccc(Br)cc1Cn1c(C(=O)NCC(C)(C)CO)cc2cc(N)ccc21. The minimum atomic E-state index is -0.398. The molecule has 0 saturated heterocycles. The van der Waals surface area contributed by atoms with Crippen molar-refractivity contribution in [2.24, 2.45) is 5.41 Å². The van der Waals surface area contributed by atoms with E-state index in [1.807, 2.05) is 60.9 Å². The maximum Gasteiger partial charge on any atom is 0.267 e. The molecule has 6 nitrogen and oxygen atoms in total. The number of carbonyl (C=O) groups excluding carboxylic acids is 1. The number of fused-ring (bicyclic) bond motifs is 1. The van der Waals surface area contributed by atoms with Crippen molar-refractivity contribution in [1.82, 2.24) is 9.88 Å². The average Bonchev–Trinajstić information content (AvgIpc) is 3.04. The third-order valence-electron chi connectivity index (χ3n) is 4.88. The molecule has 0 saturated carbocycles. The lowest BCUT2D eigenvalue weighted by atomic mass is 9.95. The number of ether oxygens (including phenoxy) is 1. The fraction of sp³-hybridized carbons (Fsp3) is 0.318. The highest BCUT2D eigenvalue weighted by Gasteiger charge is 2.21. The fourth-order valence-electron chi connectivity index (χ4n) is 3.15. The predicted octanol–water partition coefficient (Wildman–Crippen LogP) is 3.79. The van der Waals surface area contributed by atoms with Crippen LogP contribution in [0.1, 0.15) is 29.9 Å². The third-order valence-corrected chi connectivity index (χ3v) is 5.38. The van der Waals surface area contributed by atoms with Gasteiger partial charge in [0.2, 0.25) is 0 Å². The number of methoxy groups -OCH3 is 1. The van der Waals surface area contributed by atoms with Gasteiger partial charge in [0.25, 0.3) is 5.91 Å². The van der Waals surface area contributed by atoms with Crippen molar-refractivity contribution in [3.8, 4) is 5.75 Å². The van der Waals surface area contributed by atoms with Gasteiger partial charge in [-0.15, -0.1) is 0 Å². The first-order valence-corrected chi connectivity index (χ1v) is 10.1. The van der Waals surface area contributed by atoms with Crippen LogP contribution in [0.4, 0.5) is 5.69 Å². The van der Waals surface area contributed by atoms with Crippen molar-refractivity contribution in [3.05, 3.63) is 58.2 Å². The molecule has 1 heterocycles. The summed E-state index contributed by atoms with van der Waals surface area (Å²) < 4.78 is 8.40. The Balaban J connectivity index is 2.04. The van der Waals surface area contributed by atoms with Gasteiger partial charge in [-0.2, -0.15) is 0 Å². The second-order valence-corrected chi connectivity index (χ2v) is 8.81. The molecule has 0 aliphatic heterocycles. The number of hydrogen-bond donors (Lipinski definition) is 3. The lowest BCUT2D eigenvalue weighted by Crippen LogP contribution is -2.36. The molecule has 3 rings (SSSR count). The summed E-state index contributed by atoms with van der Waals surface area (Å²) >= 11 is 3.51. The number of nitrogens with two attached hydrogens (primary N) is 1. The number of amides is 1. The number of nitrogen functional groups attached to an aromatic ring is 1. The van der Waals surface area contributed by atoms with E-state index in [0.717, 1.165) is 26.7 Å². The lowest BCUT2D eigenvalue weighted by Gasteiger charge is -2.22. The highest BCUT2D eigenvalue weighted by atomic mass is 79.9. The van der Waals surface area contributed by atoms with Crippen LogP contribution >= 0.6 is 15.9 Å². The number of carbonyl (C=O) groups is 1. The number of rotatable bonds is 7. The molecule has 2 aromatic carbocycles. The standard InChI is InChI=1S/C22H26BrN3O3/c1-22(2,13-27)12-25-21(28)19-10-14-9-17(24)5-6-18(14)26(19)11-15-8-16(23)4-7-20(15)29-3/h4-10,27H,11-13,24H2,1-3H3,(H,25,28). The minimum absolute atomic E-state index is 0.0119. The van der Waals surface area contributed by atoms with Crippen molar-refractivity contribution in [1.29, 1.82) is 0 Å². The van der Waals surface area contributed by atoms with Crippen LogP contribution in [-0.4, -0.2) is 35.8 Å². The van der Waals surface area contributed by atoms with Crippen LogP contribution in [0.5, 0.6) is 5.75 Å². The van der Waals surface area contributed by atoms with Gasteiger partial charge in [0, 0.05) is 45.2 Å². The summed E-state index contributed by atoms with van der Waals surface area (Å²) in [6.07, 6.45) is 0. The summed E-state index contributed by atoms with van der Waals surface area (Å²) in [4.78, 5) is 13.0. The lowest BCUT2D eigenvalue weighted by molar-refractivity contribution is 0.0902. The molecule has 0 unspecified atom stereocenters. The van der Waals surface area contributed by atoms with E-state index in [0.29, 0.717) is 24.5 Å². The first-order chi connectivity index (χ1) is 13.7. The minimum Gasteiger partial charge on any atom is -0.496 e. The molecule has 7 heteroatoms. The summed E-state index contributed by atoms with van der Waals surface area (Å²) in [7, 11) is 1.63. The first kappa shape index (κ1) is 21.2. The second kappa shape index (κ2) is 8.47. The van der Waals surface area contributed by atoms with Crippen LogP contribution in [0.3, 0.4) is 0 Å². The number of anilines is 1. The number of benzene rings is 2. The number of aliphatic hydroxyl groups excluding tert-OH is 1. The van der Waals surface area contributed by atoms with Gasteiger partial charge >= 0.3 is 0 Å². The molecule has 0 aliphatic carbocycles. The van der Waals surface area contributed by atoms with Crippen molar-refractivity contribution in [2.75, 3.05) is 26.0 Å². The summed E-state index contributed by atoms with van der Waals surface area (Å²) in [5, 5.41) is 13.3. The average molecular weight is 460 g/mol. The van der Waals surface area contributed by atoms with Gasteiger partial charge in [-0.1, -0.05) is 29.8 Å². The van der Waals surface area contributed by atoms with E-state index in [1.165, 1.54) is 0 Å². The van der Waals surface area contributed by atoms with Crippen LogP contribution in [-0.2, 0) is 6.54 Å². The van der Waals surface area contributed by atoms with Crippen LogP contribution in [0.2, 0.25) is 0 Å². The molecular formula is C22H26BrN3O3. The molecule has 4 N–H and O–H groups in total. The van der Waals surface area contributed by atoms with Crippen LogP contribution in [0, 0.1) is 5.41 Å². The van der Waals surface area contributed by atoms with Gasteiger partial charge in [0.1, 0.15) is 11.4 Å². The Labute approximate surface area is 178 Å². The van der Waals surface area contributed by atoms with Crippen molar-refractivity contribution in [3.63, 3.8) is 0 Å². The molecule has 1 amide bonds. The zero-order chi connectivity index (χ0) is 21.2. The number of nitrogens with zero attached hydrogens (tertiary/aromatic N) is 1. The molecule has 154 valence electrons. The molecule has 0 radical (unpaired) electrons. The highest BCUT2D eigenvalue weighted by Crippen LogP contribution is 2.28. The van der Waals surface area contributed by atoms with E-state index in [9.17, 15) is 9.90 Å². The number of halogens is 1. The molecular weight excluding hydrogens is 434 g/mol. The summed E-state index contributed by atoms with van der Waals surface area (Å²) in [5.74, 6) is 0.550. The van der Waals surface area contributed by atoms with Gasteiger partial charge < -0.3 is 25.5 Å². The number of nitrogens with one attached hydrogen (secondary N) is 1. The molecule has 0 aliphatic rings. The normalized spacial score (nSPS) is 11.6. The summed E-state index contributed by atoms with van der Waals surface area (Å²) in [6.45, 7) is 4.61. The second-order valence-electron chi connectivity index (χ2n) is 7.90. The van der Waals surface area contributed by atoms with E-state index >= 15 is 0 Å². The van der Waals surface area contributed by atoms with E-state index in [-0.39, 0.29) is 12.5 Å². The maximum atomic E-state index is 13.0. The van der Waals surface area contributed by atoms with Crippen LogP contribution in [0.25, 0.3) is 10.9 Å². The van der Waals surface area contributed by atoms with Gasteiger partial charge in [-0.05, 0) is 42.5 Å². The smallest absolute Gasteiger partial charge is 0.267 e. The topological polar surface area (TPSA) is 89.5 Å². The molecule has 0 atom stereocenters. The Morgan fingerprint density at radius 3 is 2.69 bits per heavy atom. The van der Waals surface area contributed by atoms with Crippen LogP contribution in [0.15, 0.2) is 46.9 Å². The molecule has 29 heavy (non-hydrogen) atoms. The van der Waals surface area contributed by atoms with Crippen molar-refractivity contribution in [2.45, 2.75) is 20.4 Å². The fourth-order valence-corrected chi connectivity index (χ4v) is 3.56. The van der Waals surface area contributed by atoms with E-state index in [2.05, 4.69) is 21.2 Å². The maximum absolute atomic E-state index is 13.0. The van der Waals surface area contributed by atoms with Crippen LogP contribution < -0.4 is 15.8 Å². The summed E-state index contributed by atoms with van der Waals surface area (Å²) in [5.41, 5.74) is 8.58.